The highest BCUT2D eigenvalue weighted by molar-refractivity contribution is 6.35. The lowest BCUT2D eigenvalue weighted by atomic mass is 9.95. The molecule has 32 heavy (non-hydrogen) atoms. The number of aryl methyl sites for hydroxylation is 1. The van der Waals surface area contributed by atoms with Gasteiger partial charge in [-0.3, -0.25) is 9.59 Å². The molecule has 1 aliphatic carbocycles. The summed E-state index contributed by atoms with van der Waals surface area (Å²) in [5.74, 6) is -0.0505. The summed E-state index contributed by atoms with van der Waals surface area (Å²) in [5, 5.41) is 3.95. The lowest BCUT2D eigenvalue weighted by Gasteiger charge is -2.31. The summed E-state index contributed by atoms with van der Waals surface area (Å²) in [4.78, 5) is 27.7. The Morgan fingerprint density at radius 3 is 2.56 bits per heavy atom. The van der Waals surface area contributed by atoms with Crippen molar-refractivity contribution in [3.8, 4) is 5.75 Å². The maximum atomic E-state index is 13.2. The van der Waals surface area contributed by atoms with Gasteiger partial charge in [0.2, 0.25) is 5.91 Å². The zero-order chi connectivity index (χ0) is 23.1. The average molecular weight is 477 g/mol. The summed E-state index contributed by atoms with van der Waals surface area (Å²) < 4.78 is 5.66. The number of benzene rings is 2. The fourth-order valence-corrected chi connectivity index (χ4v) is 4.44. The molecular weight excluding hydrogens is 447 g/mol. The second kappa shape index (κ2) is 11.6. The Kier molecular flexibility index (Phi) is 8.83. The molecule has 2 aromatic rings. The molecule has 0 bridgehead atoms. The van der Waals surface area contributed by atoms with Crippen molar-refractivity contribution in [2.24, 2.45) is 0 Å². The molecule has 2 amide bonds. The monoisotopic (exact) mass is 476 g/mol. The van der Waals surface area contributed by atoms with Crippen molar-refractivity contribution in [3.05, 3.63) is 63.6 Å². The molecule has 0 spiro atoms. The second-order valence-electron chi connectivity index (χ2n) is 8.39. The van der Waals surface area contributed by atoms with Gasteiger partial charge in [-0.25, -0.2) is 0 Å². The van der Waals surface area contributed by atoms with Crippen LogP contribution in [0.15, 0.2) is 42.5 Å². The number of carbonyl (C=O) groups is 2. The number of nitrogens with zero attached hydrogens (tertiary/aromatic N) is 1. The highest BCUT2D eigenvalue weighted by Gasteiger charge is 2.28. The first-order valence-corrected chi connectivity index (χ1v) is 11.8. The van der Waals surface area contributed by atoms with E-state index in [9.17, 15) is 9.59 Å². The Morgan fingerprint density at radius 1 is 1.12 bits per heavy atom. The molecular formula is C25H30Cl2N2O3. The van der Waals surface area contributed by atoms with Crippen LogP contribution in [0.3, 0.4) is 0 Å². The second-order valence-corrected chi connectivity index (χ2v) is 9.24. The van der Waals surface area contributed by atoms with Crippen LogP contribution in [0.4, 0.5) is 0 Å². The van der Waals surface area contributed by atoms with Crippen LogP contribution in [0.5, 0.6) is 5.75 Å². The van der Waals surface area contributed by atoms with Gasteiger partial charge in [-0.2, -0.15) is 0 Å². The molecule has 0 aromatic heterocycles. The van der Waals surface area contributed by atoms with Crippen molar-refractivity contribution in [1.29, 1.82) is 0 Å². The molecule has 2 aromatic carbocycles. The number of amides is 2. The quantitative estimate of drug-likeness (QED) is 0.543. The van der Waals surface area contributed by atoms with E-state index in [0.717, 1.165) is 36.8 Å². The minimum Gasteiger partial charge on any atom is -0.482 e. The van der Waals surface area contributed by atoms with Gasteiger partial charge in [-0.05, 0) is 50.5 Å². The Morgan fingerprint density at radius 2 is 1.88 bits per heavy atom. The van der Waals surface area contributed by atoms with Crippen LogP contribution in [-0.4, -0.2) is 35.4 Å². The minimum absolute atomic E-state index is 0.137. The van der Waals surface area contributed by atoms with Crippen LogP contribution in [0.2, 0.25) is 10.0 Å². The number of nitrogens with one attached hydrogen (secondary N) is 1. The molecule has 172 valence electrons. The first-order chi connectivity index (χ1) is 15.3. The van der Waals surface area contributed by atoms with E-state index in [1.807, 2.05) is 31.2 Å². The highest BCUT2D eigenvalue weighted by atomic mass is 35.5. The molecule has 1 aliphatic rings. The summed E-state index contributed by atoms with van der Waals surface area (Å²) in [7, 11) is 0. The van der Waals surface area contributed by atoms with Crippen molar-refractivity contribution in [2.75, 3.05) is 6.61 Å². The Bertz CT molecular complexity index is 945. The van der Waals surface area contributed by atoms with Crippen molar-refractivity contribution < 1.29 is 14.3 Å². The minimum atomic E-state index is -0.630. The standard InChI is InChI=1S/C25H30Cl2N2O3/c1-17-7-6-8-19(13-17)15-29(18(2)25(31)28-21-9-4-3-5-10-21)24(30)16-32-23-12-11-20(26)14-22(23)27/h6-8,11-14,18,21H,3-5,9-10,15-16H2,1-2H3,(H,28,31). The summed E-state index contributed by atoms with van der Waals surface area (Å²) in [5.41, 5.74) is 2.05. The molecule has 5 nitrogen and oxygen atoms in total. The molecule has 1 saturated carbocycles. The fraction of sp³-hybridized carbons (Fsp3) is 0.440. The zero-order valence-corrected chi connectivity index (χ0v) is 20.1. The SMILES string of the molecule is Cc1cccc(CN(C(=O)COc2ccc(Cl)cc2Cl)C(C)C(=O)NC2CCCCC2)c1. The highest BCUT2D eigenvalue weighted by Crippen LogP contribution is 2.27. The number of rotatable bonds is 8. The molecule has 1 fully saturated rings. The maximum Gasteiger partial charge on any atom is 0.261 e. The van der Waals surface area contributed by atoms with Crippen molar-refractivity contribution in [1.82, 2.24) is 10.2 Å². The Hall–Kier alpha value is -2.24. The largest absolute Gasteiger partial charge is 0.482 e. The predicted octanol–water partition coefficient (Wildman–Crippen LogP) is 5.55. The first-order valence-electron chi connectivity index (χ1n) is 11.1. The first kappa shape index (κ1) is 24.4. The van der Waals surface area contributed by atoms with Gasteiger partial charge < -0.3 is 15.0 Å². The van der Waals surface area contributed by atoms with E-state index < -0.39 is 6.04 Å². The molecule has 0 heterocycles. The Balaban J connectivity index is 1.72. The number of carbonyl (C=O) groups excluding carboxylic acids is 2. The zero-order valence-electron chi connectivity index (χ0n) is 18.6. The fourth-order valence-electron chi connectivity index (χ4n) is 3.97. The van der Waals surface area contributed by atoms with E-state index in [-0.39, 0.29) is 24.5 Å². The lowest BCUT2D eigenvalue weighted by Crippen LogP contribution is -2.51. The molecule has 1 atom stereocenters. The van der Waals surface area contributed by atoms with Crippen molar-refractivity contribution in [3.63, 3.8) is 0 Å². The topological polar surface area (TPSA) is 58.6 Å². The third-order valence-electron chi connectivity index (χ3n) is 5.80. The summed E-state index contributed by atoms with van der Waals surface area (Å²) >= 11 is 12.1. The van der Waals surface area contributed by atoms with Crippen molar-refractivity contribution >= 4 is 35.0 Å². The van der Waals surface area contributed by atoms with Crippen LogP contribution < -0.4 is 10.1 Å². The van der Waals surface area contributed by atoms with Crippen LogP contribution >= 0.6 is 23.2 Å². The van der Waals surface area contributed by atoms with Gasteiger partial charge in [0.05, 0.1) is 5.02 Å². The van der Waals surface area contributed by atoms with Crippen LogP contribution in [-0.2, 0) is 16.1 Å². The molecule has 0 saturated heterocycles. The van der Waals surface area contributed by atoms with E-state index in [1.54, 1.807) is 30.0 Å². The normalized spacial score (nSPS) is 15.1. The van der Waals surface area contributed by atoms with Gasteiger partial charge in [0.25, 0.3) is 5.91 Å². The third-order valence-corrected chi connectivity index (χ3v) is 6.33. The van der Waals surface area contributed by atoms with E-state index in [0.29, 0.717) is 22.3 Å². The van der Waals surface area contributed by atoms with Crippen molar-refractivity contribution in [2.45, 2.75) is 64.6 Å². The molecule has 0 aliphatic heterocycles. The number of hydrogen-bond donors (Lipinski definition) is 1. The third kappa shape index (κ3) is 6.88. The van der Waals surface area contributed by atoms with Gasteiger partial charge in [-0.1, -0.05) is 72.3 Å². The molecule has 7 heteroatoms. The van der Waals surface area contributed by atoms with E-state index in [4.69, 9.17) is 27.9 Å². The Labute approximate surface area is 200 Å². The summed E-state index contributed by atoms with van der Waals surface area (Å²) in [6.07, 6.45) is 5.44. The van der Waals surface area contributed by atoms with Crippen LogP contribution in [0, 0.1) is 6.92 Å². The van der Waals surface area contributed by atoms with E-state index in [1.165, 1.54) is 6.42 Å². The van der Waals surface area contributed by atoms with Gasteiger partial charge >= 0.3 is 0 Å². The van der Waals surface area contributed by atoms with Crippen LogP contribution in [0.25, 0.3) is 0 Å². The van der Waals surface area contributed by atoms with E-state index in [2.05, 4.69) is 5.32 Å². The molecule has 0 radical (unpaired) electrons. The van der Waals surface area contributed by atoms with Gasteiger partial charge in [-0.15, -0.1) is 0 Å². The predicted molar refractivity (Wildman–Crippen MR) is 128 cm³/mol. The molecule has 1 N–H and O–H groups in total. The average Bonchev–Trinajstić information content (AvgIpc) is 2.77. The van der Waals surface area contributed by atoms with Gasteiger partial charge in [0.15, 0.2) is 6.61 Å². The lowest BCUT2D eigenvalue weighted by molar-refractivity contribution is -0.142. The number of hydrogen-bond acceptors (Lipinski definition) is 3. The smallest absolute Gasteiger partial charge is 0.261 e. The van der Waals surface area contributed by atoms with Crippen LogP contribution in [0.1, 0.15) is 50.2 Å². The molecule has 3 rings (SSSR count). The van der Waals surface area contributed by atoms with Gasteiger partial charge in [0.1, 0.15) is 11.8 Å². The maximum absolute atomic E-state index is 13.2. The number of halogens is 2. The van der Waals surface area contributed by atoms with E-state index >= 15 is 0 Å². The van der Waals surface area contributed by atoms with Gasteiger partial charge in [0, 0.05) is 17.6 Å². The number of ether oxygens (including phenoxy) is 1. The molecule has 1 unspecified atom stereocenters. The summed E-state index contributed by atoms with van der Waals surface area (Å²) in [6.45, 7) is 3.85. The summed E-state index contributed by atoms with van der Waals surface area (Å²) in [6, 6.07) is 12.3.